The summed E-state index contributed by atoms with van der Waals surface area (Å²) in [6.45, 7) is -3.29. The molecular weight excluding hydrogens is 322 g/mol. The second-order valence-electron chi connectivity index (χ2n) is 5.08. The number of aromatic nitrogens is 1. The highest BCUT2D eigenvalue weighted by molar-refractivity contribution is 5.94. The van der Waals surface area contributed by atoms with Crippen molar-refractivity contribution in [3.05, 3.63) is 39.9 Å². The monoisotopic (exact) mass is 331 g/mol. The van der Waals surface area contributed by atoms with Gasteiger partial charge in [-0.15, -0.1) is 0 Å². The predicted octanol–water partition coefficient (Wildman–Crippen LogP) is 2.72. The van der Waals surface area contributed by atoms with Gasteiger partial charge >= 0.3 is 12.6 Å². The molecule has 0 bridgehead atoms. The van der Waals surface area contributed by atoms with Gasteiger partial charge in [0.05, 0.1) is 16.9 Å². The first kappa shape index (κ1) is 15.3. The van der Waals surface area contributed by atoms with Gasteiger partial charge < -0.3 is 14.4 Å². The Labute approximate surface area is 125 Å². The molecule has 23 heavy (non-hydrogen) atoms. The SMILES string of the molecule is O=C(O)c1cn([C@@H]2C[C@@H]2F)c2c(OC(F)F)cc(F)cc2c1=O. The molecule has 5 nitrogen and oxygen atoms in total. The molecule has 0 aliphatic heterocycles. The summed E-state index contributed by atoms with van der Waals surface area (Å²) in [5.74, 6) is -3.28. The van der Waals surface area contributed by atoms with Crippen LogP contribution in [-0.2, 0) is 0 Å². The number of nitrogens with zero attached hydrogens (tertiary/aromatic N) is 1. The van der Waals surface area contributed by atoms with Crippen molar-refractivity contribution in [2.24, 2.45) is 0 Å². The highest BCUT2D eigenvalue weighted by atomic mass is 19.3. The van der Waals surface area contributed by atoms with Crippen LogP contribution < -0.4 is 10.2 Å². The number of carboxylic acids is 1. The van der Waals surface area contributed by atoms with Gasteiger partial charge in [-0.3, -0.25) is 4.79 Å². The van der Waals surface area contributed by atoms with Gasteiger partial charge in [-0.2, -0.15) is 8.78 Å². The van der Waals surface area contributed by atoms with Crippen LogP contribution in [-0.4, -0.2) is 28.4 Å². The van der Waals surface area contributed by atoms with Crippen molar-refractivity contribution in [1.82, 2.24) is 4.57 Å². The molecule has 122 valence electrons. The van der Waals surface area contributed by atoms with Crippen molar-refractivity contribution in [2.45, 2.75) is 25.2 Å². The van der Waals surface area contributed by atoms with E-state index in [1.165, 1.54) is 0 Å². The van der Waals surface area contributed by atoms with Crippen molar-refractivity contribution >= 4 is 16.9 Å². The predicted molar refractivity (Wildman–Crippen MR) is 70.3 cm³/mol. The maximum absolute atomic E-state index is 13.6. The zero-order valence-corrected chi connectivity index (χ0v) is 11.3. The number of ether oxygens (including phenoxy) is 1. The first-order chi connectivity index (χ1) is 10.8. The van der Waals surface area contributed by atoms with Gasteiger partial charge in [0.25, 0.3) is 0 Å². The van der Waals surface area contributed by atoms with Crippen LogP contribution in [0, 0.1) is 5.82 Å². The van der Waals surface area contributed by atoms with Crippen LogP contribution in [0.15, 0.2) is 23.1 Å². The minimum Gasteiger partial charge on any atom is -0.477 e. The molecule has 0 amide bonds. The Hall–Kier alpha value is -2.58. The fourth-order valence-electron chi connectivity index (χ4n) is 2.46. The van der Waals surface area contributed by atoms with E-state index in [0.29, 0.717) is 12.1 Å². The number of fused-ring (bicyclic) bond motifs is 1. The van der Waals surface area contributed by atoms with Crippen LogP contribution >= 0.6 is 0 Å². The highest BCUT2D eigenvalue weighted by Gasteiger charge is 2.40. The Morgan fingerprint density at radius 2 is 2.04 bits per heavy atom. The number of carbonyl (C=O) groups is 1. The molecule has 1 heterocycles. The molecule has 2 aromatic rings. The Morgan fingerprint density at radius 3 is 2.57 bits per heavy atom. The van der Waals surface area contributed by atoms with Crippen LogP contribution in [0.3, 0.4) is 0 Å². The average molecular weight is 331 g/mol. The Bertz CT molecular complexity index is 864. The van der Waals surface area contributed by atoms with Crippen LogP contribution in [0.25, 0.3) is 10.9 Å². The number of alkyl halides is 3. The third kappa shape index (κ3) is 2.62. The second kappa shape index (κ2) is 5.25. The van der Waals surface area contributed by atoms with Gasteiger partial charge in [0, 0.05) is 18.7 Å². The summed E-state index contributed by atoms with van der Waals surface area (Å²) in [5.41, 5.74) is -2.02. The lowest BCUT2D eigenvalue weighted by atomic mass is 10.1. The van der Waals surface area contributed by atoms with Crippen LogP contribution in [0.5, 0.6) is 5.75 Å². The lowest BCUT2D eigenvalue weighted by molar-refractivity contribution is -0.0491. The Kier molecular flexibility index (Phi) is 3.50. The minimum absolute atomic E-state index is 0.0303. The summed E-state index contributed by atoms with van der Waals surface area (Å²) in [7, 11) is 0. The molecule has 0 unspecified atom stereocenters. The van der Waals surface area contributed by atoms with Crippen molar-refractivity contribution in [3.8, 4) is 5.75 Å². The largest absolute Gasteiger partial charge is 0.477 e. The summed E-state index contributed by atoms with van der Waals surface area (Å²) in [6.07, 6.45) is -0.414. The normalized spacial score (nSPS) is 20.0. The third-order valence-corrected chi connectivity index (χ3v) is 3.54. The van der Waals surface area contributed by atoms with E-state index in [9.17, 15) is 27.2 Å². The molecule has 2 atom stereocenters. The number of carboxylic acid groups (broad SMARTS) is 1. The second-order valence-corrected chi connectivity index (χ2v) is 5.08. The lowest BCUT2D eigenvalue weighted by Crippen LogP contribution is -2.20. The van der Waals surface area contributed by atoms with Gasteiger partial charge in [-0.25, -0.2) is 13.6 Å². The van der Waals surface area contributed by atoms with Gasteiger partial charge in [-0.1, -0.05) is 0 Å². The van der Waals surface area contributed by atoms with E-state index in [0.717, 1.165) is 10.8 Å². The minimum atomic E-state index is -3.29. The molecule has 9 heteroatoms. The number of hydrogen-bond donors (Lipinski definition) is 1. The molecule has 1 aliphatic carbocycles. The molecule has 0 saturated heterocycles. The number of aromatic carboxylic acids is 1. The van der Waals surface area contributed by atoms with E-state index >= 15 is 0 Å². The topological polar surface area (TPSA) is 68.5 Å². The fourth-order valence-corrected chi connectivity index (χ4v) is 2.46. The van der Waals surface area contributed by atoms with Gasteiger partial charge in [-0.05, 0) is 6.07 Å². The van der Waals surface area contributed by atoms with E-state index in [-0.39, 0.29) is 11.9 Å². The fraction of sp³-hybridized carbons (Fsp3) is 0.286. The zero-order chi connectivity index (χ0) is 16.9. The van der Waals surface area contributed by atoms with Crippen LogP contribution in [0.4, 0.5) is 17.6 Å². The smallest absolute Gasteiger partial charge is 0.387 e. The van der Waals surface area contributed by atoms with E-state index in [2.05, 4.69) is 4.74 Å². The number of halogens is 4. The summed E-state index contributed by atoms with van der Waals surface area (Å²) in [4.78, 5) is 23.3. The molecule has 1 fully saturated rings. The number of rotatable bonds is 4. The maximum Gasteiger partial charge on any atom is 0.387 e. The first-order valence-corrected chi connectivity index (χ1v) is 6.50. The molecule has 0 spiro atoms. The molecule has 1 aromatic carbocycles. The number of benzene rings is 1. The summed E-state index contributed by atoms with van der Waals surface area (Å²) >= 11 is 0. The Balaban J connectivity index is 2.39. The molecule has 1 aliphatic rings. The average Bonchev–Trinajstić information content (AvgIpc) is 3.15. The maximum atomic E-state index is 13.6. The molecule has 0 radical (unpaired) electrons. The van der Waals surface area contributed by atoms with E-state index in [1.807, 2.05) is 0 Å². The van der Waals surface area contributed by atoms with E-state index in [1.54, 1.807) is 0 Å². The summed E-state index contributed by atoms with van der Waals surface area (Å²) in [6, 6.07) is 0.538. The molecule has 1 aromatic heterocycles. The summed E-state index contributed by atoms with van der Waals surface area (Å²) in [5, 5.41) is 8.59. The van der Waals surface area contributed by atoms with E-state index in [4.69, 9.17) is 5.11 Å². The van der Waals surface area contributed by atoms with Crippen molar-refractivity contribution < 1.29 is 32.2 Å². The van der Waals surface area contributed by atoms with Crippen molar-refractivity contribution in [1.29, 1.82) is 0 Å². The standard InChI is InChI=1S/C14H9F4NO4/c15-5-1-6-11(10(2-5)23-14(17)18)19(9-3-8(9)16)4-7(12(6)20)13(21)22/h1-2,4,8-9,14H,3H2,(H,21,22)/t8-,9+/m0/s1. The van der Waals surface area contributed by atoms with Crippen LogP contribution in [0.1, 0.15) is 22.8 Å². The number of hydrogen-bond acceptors (Lipinski definition) is 3. The third-order valence-electron chi connectivity index (χ3n) is 3.54. The van der Waals surface area contributed by atoms with Gasteiger partial charge in [0.15, 0.2) is 5.75 Å². The summed E-state index contributed by atoms with van der Waals surface area (Å²) < 4.78 is 57.3. The zero-order valence-electron chi connectivity index (χ0n) is 11.3. The van der Waals surface area contributed by atoms with Crippen LogP contribution in [0.2, 0.25) is 0 Å². The van der Waals surface area contributed by atoms with Crippen molar-refractivity contribution in [3.63, 3.8) is 0 Å². The molecular formula is C14H9F4NO4. The highest BCUT2D eigenvalue weighted by Crippen LogP contribution is 2.42. The molecule has 1 N–H and O–H groups in total. The number of pyridine rings is 1. The Morgan fingerprint density at radius 1 is 1.39 bits per heavy atom. The quantitative estimate of drug-likeness (QED) is 0.875. The van der Waals surface area contributed by atoms with Gasteiger partial charge in [0.2, 0.25) is 5.43 Å². The first-order valence-electron chi connectivity index (χ1n) is 6.50. The molecule has 1 saturated carbocycles. The van der Waals surface area contributed by atoms with Crippen molar-refractivity contribution in [2.75, 3.05) is 0 Å². The lowest BCUT2D eigenvalue weighted by Gasteiger charge is -2.15. The van der Waals surface area contributed by atoms with E-state index < -0.39 is 52.7 Å². The van der Waals surface area contributed by atoms with Gasteiger partial charge in [0.1, 0.15) is 17.6 Å². The molecule has 3 rings (SSSR count).